The van der Waals surface area contributed by atoms with Crippen molar-refractivity contribution < 1.29 is 18.9 Å². The van der Waals surface area contributed by atoms with E-state index in [1.807, 2.05) is 37.3 Å². The predicted octanol–water partition coefficient (Wildman–Crippen LogP) is 3.45. The molecule has 4 rings (SSSR count). The molecule has 0 radical (unpaired) electrons. The van der Waals surface area contributed by atoms with Crippen LogP contribution in [0.5, 0.6) is 23.0 Å². The molecule has 1 unspecified atom stereocenters. The van der Waals surface area contributed by atoms with E-state index < -0.39 is 5.92 Å². The minimum absolute atomic E-state index is 0.0588. The lowest BCUT2D eigenvalue weighted by Gasteiger charge is -2.28. The van der Waals surface area contributed by atoms with E-state index >= 15 is 0 Å². The Morgan fingerprint density at radius 1 is 1.03 bits per heavy atom. The van der Waals surface area contributed by atoms with E-state index in [-0.39, 0.29) is 17.0 Å². The number of nitriles is 1. The second-order valence-electron chi connectivity index (χ2n) is 7.81. The molecule has 1 aromatic heterocycles. The Balaban J connectivity index is 1.99. The number of aryl methyl sites for hydroxylation is 1. The molecule has 0 spiro atoms. The fourth-order valence-corrected chi connectivity index (χ4v) is 4.24. The van der Waals surface area contributed by atoms with E-state index in [2.05, 4.69) is 6.07 Å². The van der Waals surface area contributed by atoms with E-state index in [1.165, 1.54) is 21.3 Å². The number of ether oxygens (including phenoxy) is 4. The van der Waals surface area contributed by atoms with Gasteiger partial charge in [-0.05, 0) is 18.6 Å². The Morgan fingerprint density at radius 3 is 2.29 bits per heavy atom. The van der Waals surface area contributed by atoms with E-state index in [4.69, 9.17) is 24.7 Å². The number of methoxy groups -OCH3 is 3. The number of hydrogen-bond acceptors (Lipinski definition) is 7. The van der Waals surface area contributed by atoms with Gasteiger partial charge < -0.3 is 29.2 Å². The zero-order valence-corrected chi connectivity index (χ0v) is 19.4. The van der Waals surface area contributed by atoms with E-state index in [0.29, 0.717) is 46.4 Å². The van der Waals surface area contributed by atoms with E-state index in [0.717, 1.165) is 5.56 Å². The number of benzene rings is 2. The molecular formula is C26H25N3O5. The Bertz CT molecular complexity index is 1370. The number of fused-ring (bicyclic) bond motifs is 1. The summed E-state index contributed by atoms with van der Waals surface area (Å²) in [6, 6.07) is 16.9. The second-order valence-corrected chi connectivity index (χ2v) is 7.81. The van der Waals surface area contributed by atoms with Crippen molar-refractivity contribution in [3.8, 4) is 29.1 Å². The summed E-state index contributed by atoms with van der Waals surface area (Å²) in [6.45, 7) is 2.20. The third-order valence-corrected chi connectivity index (χ3v) is 5.92. The van der Waals surface area contributed by atoms with E-state index in [9.17, 15) is 10.1 Å². The van der Waals surface area contributed by atoms with Crippen molar-refractivity contribution in [2.45, 2.75) is 19.4 Å². The normalized spacial score (nSPS) is 14.6. The summed E-state index contributed by atoms with van der Waals surface area (Å²) in [5.74, 6) is 0.737. The molecular weight excluding hydrogens is 434 g/mol. The molecule has 0 saturated carbocycles. The molecule has 1 aliphatic rings. The van der Waals surface area contributed by atoms with Gasteiger partial charge in [0.25, 0.3) is 5.56 Å². The average Bonchev–Trinajstić information content (AvgIpc) is 2.85. The highest BCUT2D eigenvalue weighted by Gasteiger charge is 2.36. The fraction of sp³-hybridized carbons (Fsp3) is 0.231. The first-order valence-corrected chi connectivity index (χ1v) is 10.6. The van der Waals surface area contributed by atoms with Crippen molar-refractivity contribution in [1.82, 2.24) is 4.57 Å². The lowest BCUT2D eigenvalue weighted by molar-refractivity contribution is 0.346. The van der Waals surface area contributed by atoms with Gasteiger partial charge in [-0.1, -0.05) is 30.3 Å². The molecule has 8 nitrogen and oxygen atoms in total. The summed E-state index contributed by atoms with van der Waals surface area (Å²) in [7, 11) is 4.54. The van der Waals surface area contributed by atoms with Gasteiger partial charge in [-0.25, -0.2) is 0 Å². The fourth-order valence-electron chi connectivity index (χ4n) is 4.24. The number of hydrogen-bond donors (Lipinski definition) is 1. The molecule has 1 aliphatic heterocycles. The van der Waals surface area contributed by atoms with Crippen LogP contribution >= 0.6 is 0 Å². The largest absolute Gasteiger partial charge is 0.496 e. The number of nitrogens with zero attached hydrogens (tertiary/aromatic N) is 2. The molecule has 174 valence electrons. The smallest absolute Gasteiger partial charge is 0.259 e. The highest BCUT2D eigenvalue weighted by Crippen LogP contribution is 2.46. The van der Waals surface area contributed by atoms with Crippen LogP contribution in [0.1, 0.15) is 28.3 Å². The number of rotatable bonds is 6. The molecule has 1 atom stereocenters. The molecule has 34 heavy (non-hydrogen) atoms. The van der Waals surface area contributed by atoms with Crippen molar-refractivity contribution in [1.29, 1.82) is 5.26 Å². The van der Waals surface area contributed by atoms with Gasteiger partial charge in [0, 0.05) is 23.4 Å². The van der Waals surface area contributed by atoms with Gasteiger partial charge in [0.05, 0.1) is 39.4 Å². The lowest BCUT2D eigenvalue weighted by atomic mass is 9.83. The molecule has 0 fully saturated rings. The zero-order chi connectivity index (χ0) is 24.4. The monoisotopic (exact) mass is 459 g/mol. The van der Waals surface area contributed by atoms with Gasteiger partial charge in [0.15, 0.2) is 11.5 Å². The Labute approximate surface area is 197 Å². The predicted molar refractivity (Wildman–Crippen MR) is 126 cm³/mol. The maximum Gasteiger partial charge on any atom is 0.259 e. The van der Waals surface area contributed by atoms with Crippen LogP contribution in [-0.4, -0.2) is 25.9 Å². The second kappa shape index (κ2) is 9.24. The van der Waals surface area contributed by atoms with Gasteiger partial charge in [-0.15, -0.1) is 0 Å². The van der Waals surface area contributed by atoms with E-state index in [1.54, 1.807) is 22.8 Å². The molecule has 2 heterocycles. The summed E-state index contributed by atoms with van der Waals surface area (Å²) in [5.41, 5.74) is 8.50. The van der Waals surface area contributed by atoms with Crippen molar-refractivity contribution >= 4 is 0 Å². The SMILES string of the molecule is COc1cc(OC)c(C2C(C#N)=C(N)Oc3cc(C)n(Cc4ccccc4)c(=O)c32)cc1OC. The number of aromatic nitrogens is 1. The molecule has 8 heteroatoms. The van der Waals surface area contributed by atoms with Crippen LogP contribution in [0.2, 0.25) is 0 Å². The first-order valence-electron chi connectivity index (χ1n) is 10.6. The van der Waals surface area contributed by atoms with Crippen LogP contribution in [0.15, 0.2) is 64.8 Å². The molecule has 3 aromatic rings. The van der Waals surface area contributed by atoms with Crippen LogP contribution in [0.3, 0.4) is 0 Å². The van der Waals surface area contributed by atoms with Gasteiger partial charge in [0.2, 0.25) is 5.88 Å². The van der Waals surface area contributed by atoms with Crippen molar-refractivity contribution in [2.24, 2.45) is 5.73 Å². The zero-order valence-electron chi connectivity index (χ0n) is 19.4. The third-order valence-electron chi connectivity index (χ3n) is 5.92. The van der Waals surface area contributed by atoms with Gasteiger partial charge in [-0.3, -0.25) is 4.79 Å². The highest BCUT2D eigenvalue weighted by molar-refractivity contribution is 5.61. The molecule has 0 amide bonds. The maximum absolute atomic E-state index is 13.9. The standard InChI is InChI=1S/C26H25N3O5/c1-15-10-22-24(26(30)29(15)14-16-8-6-5-7-9-16)23(18(13-27)25(28)34-22)17-11-20(32-3)21(33-4)12-19(17)31-2/h5-12,23H,14,28H2,1-4H3. The maximum atomic E-state index is 13.9. The minimum atomic E-state index is -0.821. The summed E-state index contributed by atoms with van der Waals surface area (Å²) in [4.78, 5) is 13.9. The Hall–Kier alpha value is -4.38. The Kier molecular flexibility index (Phi) is 6.19. The summed E-state index contributed by atoms with van der Waals surface area (Å²) in [6.07, 6.45) is 0. The van der Waals surface area contributed by atoms with Gasteiger partial charge >= 0.3 is 0 Å². The van der Waals surface area contributed by atoms with Crippen LogP contribution in [0.25, 0.3) is 0 Å². The third kappa shape index (κ3) is 3.82. The molecule has 0 aliphatic carbocycles. The van der Waals surface area contributed by atoms with Gasteiger partial charge in [-0.2, -0.15) is 5.26 Å². The lowest BCUT2D eigenvalue weighted by Crippen LogP contribution is -2.33. The molecule has 0 saturated heterocycles. The van der Waals surface area contributed by atoms with Crippen LogP contribution in [0.4, 0.5) is 0 Å². The summed E-state index contributed by atoms with van der Waals surface area (Å²) < 4.78 is 23.9. The molecule has 2 N–H and O–H groups in total. The number of nitrogens with two attached hydrogens (primary N) is 1. The first kappa shape index (κ1) is 22.8. The van der Waals surface area contributed by atoms with Crippen LogP contribution in [0, 0.1) is 18.3 Å². The molecule has 2 aromatic carbocycles. The number of pyridine rings is 1. The summed E-state index contributed by atoms with van der Waals surface area (Å²) in [5, 5.41) is 9.99. The Morgan fingerprint density at radius 2 is 1.68 bits per heavy atom. The van der Waals surface area contributed by atoms with Crippen molar-refractivity contribution in [2.75, 3.05) is 21.3 Å². The number of allylic oxidation sites excluding steroid dienone is 1. The van der Waals surface area contributed by atoms with Crippen LogP contribution < -0.4 is 30.2 Å². The first-order chi connectivity index (χ1) is 16.4. The van der Waals surface area contributed by atoms with Crippen molar-refractivity contribution in [3.05, 3.63) is 92.7 Å². The average molecular weight is 460 g/mol. The quantitative estimate of drug-likeness (QED) is 0.601. The van der Waals surface area contributed by atoms with Crippen molar-refractivity contribution in [3.63, 3.8) is 0 Å². The molecule has 0 bridgehead atoms. The minimum Gasteiger partial charge on any atom is -0.496 e. The topological polar surface area (TPSA) is 109 Å². The van der Waals surface area contributed by atoms with Crippen LogP contribution in [-0.2, 0) is 6.54 Å². The summed E-state index contributed by atoms with van der Waals surface area (Å²) >= 11 is 0. The van der Waals surface area contributed by atoms with Gasteiger partial charge in [0.1, 0.15) is 23.1 Å². The highest BCUT2D eigenvalue weighted by atomic mass is 16.5.